The summed E-state index contributed by atoms with van der Waals surface area (Å²) in [5.41, 5.74) is 7.12. The van der Waals surface area contributed by atoms with Crippen molar-refractivity contribution in [1.82, 2.24) is 14.9 Å². The number of hydrogen-bond acceptors (Lipinski definition) is 6. The number of anilines is 1. The van der Waals surface area contributed by atoms with Crippen LogP contribution in [0.25, 0.3) is 11.0 Å². The van der Waals surface area contributed by atoms with Crippen molar-refractivity contribution in [3.8, 4) is 0 Å². The minimum absolute atomic E-state index is 0.0933. The molecule has 0 spiro atoms. The highest BCUT2D eigenvalue weighted by Gasteiger charge is 2.33. The number of nitrogens with zero attached hydrogens (tertiary/aromatic N) is 2. The summed E-state index contributed by atoms with van der Waals surface area (Å²) in [6.07, 6.45) is 3.26. The molecule has 0 aromatic carbocycles. The molecule has 26 heavy (non-hydrogen) atoms. The Hall–Kier alpha value is -2.81. The number of aromatic nitrogens is 2. The van der Waals surface area contributed by atoms with Gasteiger partial charge in [-0.2, -0.15) is 0 Å². The van der Waals surface area contributed by atoms with E-state index in [0.29, 0.717) is 43.0 Å². The second-order valence-electron chi connectivity index (χ2n) is 6.11. The lowest BCUT2D eigenvalue weighted by atomic mass is 10.0. The predicted molar refractivity (Wildman–Crippen MR) is 96.0 cm³/mol. The topological polar surface area (TPSA) is 123 Å². The summed E-state index contributed by atoms with van der Waals surface area (Å²) in [6, 6.07) is 1.75. The number of methoxy groups -OCH3 is 1. The fraction of sp³-hybridized carbons (Fsp3) is 0.471. The summed E-state index contributed by atoms with van der Waals surface area (Å²) in [4.78, 5) is 32.6. The third-order valence-corrected chi connectivity index (χ3v) is 4.57. The number of primary amides is 1. The van der Waals surface area contributed by atoms with Gasteiger partial charge in [0.1, 0.15) is 5.65 Å². The molecule has 2 atom stereocenters. The van der Waals surface area contributed by atoms with E-state index in [4.69, 9.17) is 15.2 Å². The molecule has 9 nitrogen and oxygen atoms in total. The molecule has 3 rings (SSSR count). The summed E-state index contributed by atoms with van der Waals surface area (Å²) < 4.78 is 10.6. The standard InChI is InChI=1S/C17H23N5O4/c1-3-26-17(24)22-7-5-12(13(9-22)25-2)21-14-10-4-6-19-16(10)20-8-11(14)15(18)23/h4,6,8,12-13H,3,5,7,9H2,1-2H3,(H2,18,23)(H2,19,20,21)/t12-,13+/m0/s1. The number of piperidine rings is 1. The number of fused-ring (bicyclic) bond motifs is 1. The maximum atomic E-state index is 12.0. The van der Waals surface area contributed by atoms with Gasteiger partial charge in [0, 0.05) is 31.4 Å². The average molecular weight is 361 g/mol. The van der Waals surface area contributed by atoms with Crippen LogP contribution in [0.2, 0.25) is 0 Å². The minimum atomic E-state index is -0.555. The number of likely N-dealkylation sites (tertiary alicyclic amines) is 1. The molecule has 0 aliphatic carbocycles. The molecule has 3 heterocycles. The first-order valence-electron chi connectivity index (χ1n) is 8.52. The van der Waals surface area contributed by atoms with Gasteiger partial charge in [0.2, 0.25) is 0 Å². The van der Waals surface area contributed by atoms with E-state index in [9.17, 15) is 9.59 Å². The summed E-state index contributed by atoms with van der Waals surface area (Å²) in [5, 5.41) is 4.17. The molecule has 1 aliphatic heterocycles. The molecule has 0 saturated carbocycles. The predicted octanol–water partition coefficient (Wildman–Crippen LogP) is 1.32. The molecular weight excluding hydrogens is 338 g/mol. The Morgan fingerprint density at radius 3 is 3.00 bits per heavy atom. The number of carbonyl (C=O) groups is 2. The van der Waals surface area contributed by atoms with E-state index in [-0.39, 0.29) is 18.2 Å². The third kappa shape index (κ3) is 3.43. The maximum absolute atomic E-state index is 12.0. The van der Waals surface area contributed by atoms with E-state index in [1.54, 1.807) is 25.1 Å². The summed E-state index contributed by atoms with van der Waals surface area (Å²) in [5.74, 6) is -0.555. The Bertz CT molecular complexity index is 806. The fourth-order valence-corrected chi connectivity index (χ4v) is 3.24. The van der Waals surface area contributed by atoms with Crippen LogP contribution < -0.4 is 11.1 Å². The van der Waals surface area contributed by atoms with E-state index in [2.05, 4.69) is 15.3 Å². The number of H-pyrrole nitrogens is 1. The molecule has 9 heteroatoms. The monoisotopic (exact) mass is 361 g/mol. The molecule has 2 aromatic rings. The quantitative estimate of drug-likeness (QED) is 0.738. The van der Waals surface area contributed by atoms with Gasteiger partial charge in [-0.3, -0.25) is 4.79 Å². The number of hydrogen-bond donors (Lipinski definition) is 3. The smallest absolute Gasteiger partial charge is 0.409 e. The first kappa shape index (κ1) is 18.0. The van der Waals surface area contributed by atoms with Gasteiger partial charge in [-0.25, -0.2) is 9.78 Å². The van der Waals surface area contributed by atoms with E-state index in [1.807, 2.05) is 6.07 Å². The molecule has 4 N–H and O–H groups in total. The van der Waals surface area contributed by atoms with Crippen LogP contribution in [0.5, 0.6) is 0 Å². The van der Waals surface area contributed by atoms with Gasteiger partial charge < -0.3 is 30.4 Å². The summed E-state index contributed by atoms with van der Waals surface area (Å²) >= 11 is 0. The number of ether oxygens (including phenoxy) is 2. The number of amides is 2. The zero-order chi connectivity index (χ0) is 18.7. The average Bonchev–Trinajstić information content (AvgIpc) is 3.11. The zero-order valence-electron chi connectivity index (χ0n) is 14.8. The van der Waals surface area contributed by atoms with E-state index in [0.717, 1.165) is 5.39 Å². The molecule has 1 aliphatic rings. The van der Waals surface area contributed by atoms with Gasteiger partial charge in [-0.1, -0.05) is 0 Å². The van der Waals surface area contributed by atoms with E-state index in [1.165, 1.54) is 6.20 Å². The highest BCUT2D eigenvalue weighted by atomic mass is 16.6. The fourth-order valence-electron chi connectivity index (χ4n) is 3.24. The van der Waals surface area contributed by atoms with Crippen LogP contribution in [0.1, 0.15) is 23.7 Å². The van der Waals surface area contributed by atoms with Crippen molar-refractivity contribution in [1.29, 1.82) is 0 Å². The number of rotatable bonds is 5. The normalized spacial score (nSPS) is 20.2. The van der Waals surface area contributed by atoms with Crippen LogP contribution in [0, 0.1) is 0 Å². The van der Waals surface area contributed by atoms with Crippen LogP contribution in [0.3, 0.4) is 0 Å². The van der Waals surface area contributed by atoms with Gasteiger partial charge in [0.05, 0.1) is 36.5 Å². The lowest BCUT2D eigenvalue weighted by Crippen LogP contribution is -2.52. The largest absolute Gasteiger partial charge is 0.450 e. The van der Waals surface area contributed by atoms with E-state index < -0.39 is 5.91 Å². The number of nitrogens with two attached hydrogens (primary N) is 1. The molecule has 2 amide bonds. The summed E-state index contributed by atoms with van der Waals surface area (Å²) in [6.45, 7) is 3.04. The Labute approximate surface area is 150 Å². The highest BCUT2D eigenvalue weighted by molar-refractivity contribution is 6.06. The van der Waals surface area contributed by atoms with Gasteiger partial charge in [-0.05, 0) is 19.4 Å². The molecule has 2 aromatic heterocycles. The van der Waals surface area contributed by atoms with Crippen molar-refractivity contribution in [2.45, 2.75) is 25.5 Å². The van der Waals surface area contributed by atoms with Crippen LogP contribution in [-0.4, -0.2) is 65.8 Å². The Balaban J connectivity index is 1.84. The summed E-state index contributed by atoms with van der Waals surface area (Å²) in [7, 11) is 1.60. The van der Waals surface area contributed by atoms with Gasteiger partial charge in [-0.15, -0.1) is 0 Å². The maximum Gasteiger partial charge on any atom is 0.409 e. The second kappa shape index (κ2) is 7.61. The van der Waals surface area contributed by atoms with Crippen LogP contribution in [-0.2, 0) is 9.47 Å². The molecule has 1 saturated heterocycles. The molecule has 140 valence electrons. The Morgan fingerprint density at radius 1 is 1.50 bits per heavy atom. The SMILES string of the molecule is CCOC(=O)N1CC[C@H](Nc2c(C(N)=O)cnc3[nH]ccc23)[C@H](OC)C1. The Morgan fingerprint density at radius 2 is 2.31 bits per heavy atom. The second-order valence-corrected chi connectivity index (χ2v) is 6.11. The lowest BCUT2D eigenvalue weighted by Gasteiger charge is -2.38. The van der Waals surface area contributed by atoms with Gasteiger partial charge >= 0.3 is 6.09 Å². The lowest BCUT2D eigenvalue weighted by molar-refractivity contribution is 0.0176. The zero-order valence-corrected chi connectivity index (χ0v) is 14.8. The van der Waals surface area contributed by atoms with Crippen molar-refractivity contribution >= 4 is 28.7 Å². The Kier molecular flexibility index (Phi) is 5.27. The molecule has 0 radical (unpaired) electrons. The van der Waals surface area contributed by atoms with Crippen LogP contribution in [0.4, 0.5) is 10.5 Å². The molecule has 1 fully saturated rings. The number of pyridine rings is 1. The molecular formula is C17H23N5O4. The number of aromatic amines is 1. The molecule has 0 unspecified atom stereocenters. The van der Waals surface area contributed by atoms with Crippen LogP contribution >= 0.6 is 0 Å². The van der Waals surface area contributed by atoms with Crippen molar-refractivity contribution in [2.24, 2.45) is 5.73 Å². The first-order chi connectivity index (χ1) is 12.5. The highest BCUT2D eigenvalue weighted by Crippen LogP contribution is 2.28. The van der Waals surface area contributed by atoms with Crippen molar-refractivity contribution in [3.63, 3.8) is 0 Å². The number of carbonyl (C=O) groups excluding carboxylic acids is 2. The molecule has 0 bridgehead atoms. The third-order valence-electron chi connectivity index (χ3n) is 4.57. The van der Waals surface area contributed by atoms with Crippen LogP contribution in [0.15, 0.2) is 18.5 Å². The number of nitrogens with one attached hydrogen (secondary N) is 2. The van der Waals surface area contributed by atoms with Crippen molar-refractivity contribution in [3.05, 3.63) is 24.0 Å². The van der Waals surface area contributed by atoms with Gasteiger partial charge in [0.15, 0.2) is 0 Å². The van der Waals surface area contributed by atoms with Crippen molar-refractivity contribution in [2.75, 3.05) is 32.1 Å². The van der Waals surface area contributed by atoms with Crippen molar-refractivity contribution < 1.29 is 19.1 Å². The first-order valence-corrected chi connectivity index (χ1v) is 8.52. The minimum Gasteiger partial charge on any atom is -0.450 e. The van der Waals surface area contributed by atoms with E-state index >= 15 is 0 Å². The van der Waals surface area contributed by atoms with Gasteiger partial charge in [0.25, 0.3) is 5.91 Å².